The van der Waals surface area contributed by atoms with Crippen LogP contribution < -0.4 is 0 Å². The number of nitrogens with zero attached hydrogens (tertiary/aromatic N) is 3. The number of thiophene rings is 1. The van der Waals surface area contributed by atoms with Gasteiger partial charge in [-0.05, 0) is 54.1 Å². The number of fused-ring (bicyclic) bond motifs is 4. The molecule has 4 aromatic carbocycles. The molecule has 0 atom stereocenters. The van der Waals surface area contributed by atoms with E-state index >= 15 is 0 Å². The number of rotatable bonds is 4. The largest absolute Gasteiger partial charge is 0.319 e. The number of pyridine rings is 1. The van der Waals surface area contributed by atoms with Crippen molar-refractivity contribution in [3.8, 4) is 22.6 Å². The van der Waals surface area contributed by atoms with Crippen molar-refractivity contribution in [1.82, 2.24) is 14.5 Å². The number of benzene rings is 4. The molecule has 0 saturated heterocycles. The van der Waals surface area contributed by atoms with E-state index in [1.807, 2.05) is 18.3 Å². The summed E-state index contributed by atoms with van der Waals surface area (Å²) in [6.07, 6.45) is 1.84. The average Bonchev–Trinajstić information content (AvgIpc) is 3.48. The third-order valence-corrected chi connectivity index (χ3v) is 7.87. The highest BCUT2D eigenvalue weighted by Gasteiger charge is 2.19. The lowest BCUT2D eigenvalue weighted by atomic mass is 10.1. The summed E-state index contributed by atoms with van der Waals surface area (Å²) in [5, 5.41) is 2.33. The summed E-state index contributed by atoms with van der Waals surface area (Å²) in [5.41, 5.74) is 6.21. The first-order chi connectivity index (χ1) is 17.8. The molecular formula is C31H20FN3S. The monoisotopic (exact) mass is 485 g/mol. The zero-order chi connectivity index (χ0) is 24.1. The molecule has 0 fully saturated rings. The minimum Gasteiger partial charge on any atom is -0.319 e. The second kappa shape index (κ2) is 8.40. The van der Waals surface area contributed by atoms with Crippen molar-refractivity contribution in [1.29, 1.82) is 0 Å². The molecule has 7 aromatic rings. The maximum absolute atomic E-state index is 13.6. The van der Waals surface area contributed by atoms with Crippen molar-refractivity contribution >= 4 is 42.5 Å². The molecule has 3 nitrogen and oxygen atoms in total. The lowest BCUT2D eigenvalue weighted by molar-refractivity contribution is 0.628. The van der Waals surface area contributed by atoms with Crippen molar-refractivity contribution in [2.75, 3.05) is 0 Å². The molecule has 3 aromatic heterocycles. The SMILES string of the molecule is Fc1ccc(-c2nccc3c2sc2c(-c4nc5ccccc5n4Cc4ccccc4)cccc23)cc1. The Morgan fingerprint density at radius 3 is 2.36 bits per heavy atom. The van der Waals surface area contributed by atoms with Crippen LogP contribution in [0.3, 0.4) is 0 Å². The van der Waals surface area contributed by atoms with Crippen LogP contribution in [0.5, 0.6) is 0 Å². The van der Waals surface area contributed by atoms with E-state index in [-0.39, 0.29) is 5.82 Å². The van der Waals surface area contributed by atoms with Gasteiger partial charge in [-0.25, -0.2) is 9.37 Å². The number of para-hydroxylation sites is 2. The normalized spacial score (nSPS) is 11.6. The van der Waals surface area contributed by atoms with Gasteiger partial charge in [-0.2, -0.15) is 0 Å². The van der Waals surface area contributed by atoms with Gasteiger partial charge < -0.3 is 4.57 Å². The molecule has 7 rings (SSSR count). The van der Waals surface area contributed by atoms with Crippen LogP contribution in [-0.2, 0) is 6.54 Å². The maximum Gasteiger partial charge on any atom is 0.142 e. The molecule has 0 saturated carbocycles. The highest BCUT2D eigenvalue weighted by Crippen LogP contribution is 2.43. The predicted molar refractivity (Wildman–Crippen MR) is 147 cm³/mol. The molecule has 0 aliphatic carbocycles. The van der Waals surface area contributed by atoms with Crippen molar-refractivity contribution in [3.63, 3.8) is 0 Å². The standard InChI is InChI=1S/C31H20FN3S/c32-22-15-13-21(14-16-22)28-30-24(17-18-33-28)23-9-6-10-25(29(23)36-30)31-34-26-11-4-5-12-27(26)35(31)19-20-7-2-1-3-8-20/h1-18H,19H2. The van der Waals surface area contributed by atoms with Gasteiger partial charge in [-0.3, -0.25) is 4.98 Å². The van der Waals surface area contributed by atoms with Crippen LogP contribution in [-0.4, -0.2) is 14.5 Å². The smallest absolute Gasteiger partial charge is 0.142 e. The summed E-state index contributed by atoms with van der Waals surface area (Å²) in [4.78, 5) is 9.78. The number of halogens is 1. The Balaban J connectivity index is 1.48. The van der Waals surface area contributed by atoms with Gasteiger partial charge >= 0.3 is 0 Å². The molecule has 5 heteroatoms. The van der Waals surface area contributed by atoms with E-state index in [1.165, 1.54) is 27.8 Å². The van der Waals surface area contributed by atoms with Crippen molar-refractivity contribution < 1.29 is 4.39 Å². The topological polar surface area (TPSA) is 30.7 Å². The first-order valence-corrected chi connectivity index (χ1v) is 12.6. The van der Waals surface area contributed by atoms with Crippen molar-refractivity contribution in [2.45, 2.75) is 6.54 Å². The molecule has 36 heavy (non-hydrogen) atoms. The molecule has 0 radical (unpaired) electrons. The fourth-order valence-electron chi connectivity index (χ4n) is 4.92. The minimum absolute atomic E-state index is 0.248. The van der Waals surface area contributed by atoms with Crippen LogP contribution in [0.4, 0.5) is 4.39 Å². The Kier molecular flexibility index (Phi) is 4.89. The summed E-state index contributed by atoms with van der Waals surface area (Å²) >= 11 is 1.72. The van der Waals surface area contributed by atoms with Gasteiger partial charge in [0.2, 0.25) is 0 Å². The number of imidazole rings is 1. The fourth-order valence-corrected chi connectivity index (χ4v) is 6.24. The predicted octanol–water partition coefficient (Wildman–Crippen LogP) is 8.32. The van der Waals surface area contributed by atoms with E-state index in [0.717, 1.165) is 50.3 Å². The highest BCUT2D eigenvalue weighted by atomic mass is 32.1. The van der Waals surface area contributed by atoms with E-state index in [4.69, 9.17) is 4.98 Å². The van der Waals surface area contributed by atoms with Gasteiger partial charge in [0.05, 0.1) is 21.4 Å². The Morgan fingerprint density at radius 1 is 0.722 bits per heavy atom. The molecule has 172 valence electrons. The molecular weight excluding hydrogens is 465 g/mol. The summed E-state index contributed by atoms with van der Waals surface area (Å²) < 4.78 is 18.2. The molecule has 0 N–H and O–H groups in total. The maximum atomic E-state index is 13.6. The minimum atomic E-state index is -0.248. The van der Waals surface area contributed by atoms with Crippen LogP contribution in [0.25, 0.3) is 53.9 Å². The first-order valence-electron chi connectivity index (χ1n) is 11.8. The number of hydrogen-bond acceptors (Lipinski definition) is 3. The van der Waals surface area contributed by atoms with E-state index in [0.29, 0.717) is 0 Å². The fraction of sp³-hybridized carbons (Fsp3) is 0.0323. The summed E-state index contributed by atoms with van der Waals surface area (Å²) in [6.45, 7) is 0.736. The summed E-state index contributed by atoms with van der Waals surface area (Å²) in [6, 6.07) is 33.9. The Bertz CT molecular complexity index is 1870. The van der Waals surface area contributed by atoms with Crippen LogP contribution >= 0.6 is 11.3 Å². The highest BCUT2D eigenvalue weighted by molar-refractivity contribution is 7.26. The van der Waals surface area contributed by atoms with Gasteiger partial charge in [-0.15, -0.1) is 11.3 Å². The van der Waals surface area contributed by atoms with Gasteiger partial charge in [-0.1, -0.05) is 54.6 Å². The molecule has 3 heterocycles. The van der Waals surface area contributed by atoms with Crippen LogP contribution in [0.2, 0.25) is 0 Å². The molecule has 0 amide bonds. The lowest BCUT2D eigenvalue weighted by Crippen LogP contribution is -2.02. The Labute approximate surface area is 211 Å². The van der Waals surface area contributed by atoms with Gasteiger partial charge in [0.1, 0.15) is 11.6 Å². The second-order valence-electron chi connectivity index (χ2n) is 8.82. The molecule has 0 aliphatic rings. The lowest BCUT2D eigenvalue weighted by Gasteiger charge is -2.10. The first kappa shape index (κ1) is 21.0. The van der Waals surface area contributed by atoms with Gasteiger partial charge in [0.25, 0.3) is 0 Å². The quantitative estimate of drug-likeness (QED) is 0.251. The van der Waals surface area contributed by atoms with Crippen LogP contribution in [0.15, 0.2) is 109 Å². The Morgan fingerprint density at radius 2 is 1.50 bits per heavy atom. The zero-order valence-corrected chi connectivity index (χ0v) is 20.0. The molecule has 0 bridgehead atoms. The molecule has 0 unspecified atom stereocenters. The average molecular weight is 486 g/mol. The van der Waals surface area contributed by atoms with Gasteiger partial charge in [0, 0.05) is 39.3 Å². The third-order valence-electron chi connectivity index (χ3n) is 6.61. The number of hydrogen-bond donors (Lipinski definition) is 0. The van der Waals surface area contributed by atoms with E-state index in [2.05, 4.69) is 76.3 Å². The summed E-state index contributed by atoms with van der Waals surface area (Å²) in [5.74, 6) is 0.704. The van der Waals surface area contributed by atoms with E-state index in [1.54, 1.807) is 23.5 Å². The van der Waals surface area contributed by atoms with Gasteiger partial charge in [0.15, 0.2) is 0 Å². The van der Waals surface area contributed by atoms with Crippen molar-refractivity contribution in [3.05, 3.63) is 121 Å². The summed E-state index contributed by atoms with van der Waals surface area (Å²) in [7, 11) is 0. The Hall–Kier alpha value is -4.35. The van der Waals surface area contributed by atoms with Crippen LogP contribution in [0.1, 0.15) is 5.56 Å². The molecule has 0 spiro atoms. The second-order valence-corrected chi connectivity index (χ2v) is 9.84. The van der Waals surface area contributed by atoms with E-state index in [9.17, 15) is 4.39 Å². The molecule has 0 aliphatic heterocycles. The van der Waals surface area contributed by atoms with E-state index < -0.39 is 0 Å². The third kappa shape index (κ3) is 3.40. The number of aromatic nitrogens is 3. The van der Waals surface area contributed by atoms with Crippen molar-refractivity contribution in [2.24, 2.45) is 0 Å². The zero-order valence-electron chi connectivity index (χ0n) is 19.2. The van der Waals surface area contributed by atoms with Crippen LogP contribution in [0, 0.1) is 5.82 Å².